The Morgan fingerprint density at radius 3 is 2.30 bits per heavy atom. The predicted octanol–water partition coefficient (Wildman–Crippen LogP) is 5.13. The third kappa shape index (κ3) is 1.66. The lowest BCUT2D eigenvalue weighted by atomic mass is 9.39. The van der Waals surface area contributed by atoms with Gasteiger partial charge in [-0.2, -0.15) is 0 Å². The van der Waals surface area contributed by atoms with E-state index in [4.69, 9.17) is 14.2 Å². The zero-order valence-corrected chi connectivity index (χ0v) is 19.4. The van der Waals surface area contributed by atoms with Gasteiger partial charge in [-0.1, -0.05) is 26.0 Å². The van der Waals surface area contributed by atoms with Crippen molar-refractivity contribution >= 4 is 0 Å². The van der Waals surface area contributed by atoms with E-state index in [0.29, 0.717) is 58.4 Å². The maximum absolute atomic E-state index is 6.66. The second-order valence-corrected chi connectivity index (χ2v) is 13.9. The quantitative estimate of drug-likeness (QED) is 0.478. The highest BCUT2D eigenvalue weighted by atomic mass is 16.6. The van der Waals surface area contributed by atoms with E-state index in [0.717, 1.165) is 11.8 Å². The topological polar surface area (TPSA) is 37.6 Å². The summed E-state index contributed by atoms with van der Waals surface area (Å²) in [5.41, 5.74) is 2.77. The van der Waals surface area contributed by atoms with Crippen LogP contribution in [0, 0.1) is 45.8 Å². The van der Waals surface area contributed by atoms with Gasteiger partial charge >= 0.3 is 0 Å². The van der Waals surface area contributed by atoms with Crippen molar-refractivity contribution in [2.24, 2.45) is 45.8 Å². The van der Waals surface area contributed by atoms with E-state index >= 15 is 0 Å². The van der Waals surface area contributed by atoms with E-state index in [2.05, 4.69) is 41.2 Å². The summed E-state index contributed by atoms with van der Waals surface area (Å²) in [5.74, 6) is 3.59. The second kappa shape index (κ2) is 4.64. The van der Waals surface area contributed by atoms with Crippen molar-refractivity contribution in [1.82, 2.24) is 0 Å². The third-order valence-electron chi connectivity index (χ3n) is 12.8. The van der Waals surface area contributed by atoms with Crippen molar-refractivity contribution in [2.75, 3.05) is 0 Å². The Balaban J connectivity index is 1.18. The highest BCUT2D eigenvalue weighted by Crippen LogP contribution is 2.84. The van der Waals surface area contributed by atoms with Crippen LogP contribution in [0.2, 0.25) is 0 Å². The van der Waals surface area contributed by atoms with Gasteiger partial charge in [0.2, 0.25) is 0 Å². The summed E-state index contributed by atoms with van der Waals surface area (Å²) in [6.07, 6.45) is 9.89. The fourth-order valence-corrected chi connectivity index (χ4v) is 11.0. The van der Waals surface area contributed by atoms with Gasteiger partial charge in [0.05, 0.1) is 35.6 Å². The molecule has 164 valence electrons. The van der Waals surface area contributed by atoms with Crippen molar-refractivity contribution in [3.63, 3.8) is 0 Å². The van der Waals surface area contributed by atoms with E-state index in [1.54, 1.807) is 0 Å². The van der Waals surface area contributed by atoms with Gasteiger partial charge in [0, 0.05) is 10.8 Å². The van der Waals surface area contributed by atoms with Crippen LogP contribution in [0.4, 0.5) is 0 Å². The van der Waals surface area contributed by atoms with Gasteiger partial charge in [-0.3, -0.25) is 0 Å². The molecule has 3 heterocycles. The first-order valence-electron chi connectivity index (χ1n) is 12.7. The maximum Gasteiger partial charge on any atom is 0.0956 e. The molecular formula is C27H38O3. The first-order chi connectivity index (χ1) is 14.1. The Kier molecular flexibility index (Phi) is 2.80. The van der Waals surface area contributed by atoms with Crippen LogP contribution in [0.15, 0.2) is 12.2 Å². The molecule has 0 aromatic rings. The first-order valence-corrected chi connectivity index (χ1v) is 12.7. The van der Waals surface area contributed by atoms with Crippen molar-refractivity contribution < 1.29 is 14.2 Å². The normalized spacial score (nSPS) is 69.6. The van der Waals surface area contributed by atoms with Gasteiger partial charge in [0.15, 0.2) is 0 Å². The average Bonchev–Trinajstić information content (AvgIpc) is 3.61. The molecule has 6 aliphatic carbocycles. The SMILES string of the molecule is C=C(C)C1CC2OC2(C)C(C23CCC(C4C5OC5(C)C5C[C@H]4C5(C)C)(C2)C2OC23)C1. The van der Waals surface area contributed by atoms with Crippen molar-refractivity contribution in [3.05, 3.63) is 12.2 Å². The van der Waals surface area contributed by atoms with Crippen molar-refractivity contribution in [3.8, 4) is 0 Å². The number of epoxide rings is 3. The molecular weight excluding hydrogens is 372 g/mol. The van der Waals surface area contributed by atoms with Gasteiger partial charge in [-0.15, -0.1) is 0 Å². The van der Waals surface area contributed by atoms with Crippen molar-refractivity contribution in [2.45, 2.75) is 109 Å². The number of hydrogen-bond acceptors (Lipinski definition) is 3. The summed E-state index contributed by atoms with van der Waals surface area (Å²) in [6.45, 7) is 16.5. The molecule has 3 heteroatoms. The van der Waals surface area contributed by atoms with Crippen LogP contribution < -0.4 is 0 Å². The lowest BCUT2D eigenvalue weighted by Gasteiger charge is -2.63. The lowest BCUT2D eigenvalue weighted by Crippen LogP contribution is -2.63. The molecule has 4 bridgehead atoms. The number of allylic oxidation sites excluding steroid dienone is 1. The number of ether oxygens (including phenoxy) is 3. The van der Waals surface area contributed by atoms with E-state index in [-0.39, 0.29) is 11.2 Å². The summed E-state index contributed by atoms with van der Waals surface area (Å²) < 4.78 is 19.7. The van der Waals surface area contributed by atoms with Crippen LogP contribution in [0.1, 0.15) is 73.1 Å². The number of fused-ring (bicyclic) bond motifs is 7. The minimum Gasteiger partial charge on any atom is -0.368 e. The van der Waals surface area contributed by atoms with Crippen LogP contribution in [-0.4, -0.2) is 35.6 Å². The molecule has 13 atom stereocenters. The maximum atomic E-state index is 6.66. The Labute approximate surface area is 181 Å². The minimum atomic E-state index is 0.0981. The van der Waals surface area contributed by atoms with Gasteiger partial charge in [0.25, 0.3) is 0 Å². The zero-order valence-electron chi connectivity index (χ0n) is 19.4. The first kappa shape index (κ1) is 18.1. The van der Waals surface area contributed by atoms with Crippen LogP contribution in [-0.2, 0) is 14.2 Å². The standard InChI is InChI=1S/C27H38O3/c1-13(2)14-9-17(24(5)18(10-14)29-24)26-7-8-27(12-26,22-21(26)28-22)19-15-11-16(23(15,3)4)25(6)20(19)30-25/h14-22H,1,7-12H2,2-6H3/t14?,15-,16?,17?,18?,19?,20?,21?,22?,24?,25?,26?,27?/m1/s1. The molecule has 0 aromatic heterocycles. The van der Waals surface area contributed by atoms with Crippen molar-refractivity contribution in [1.29, 1.82) is 0 Å². The smallest absolute Gasteiger partial charge is 0.0956 e. The zero-order chi connectivity index (χ0) is 20.6. The van der Waals surface area contributed by atoms with E-state index in [1.807, 2.05) is 0 Å². The van der Waals surface area contributed by atoms with Crippen LogP contribution in [0.5, 0.6) is 0 Å². The molecule has 9 aliphatic rings. The molecule has 0 amide bonds. The van der Waals surface area contributed by atoms with Crippen LogP contribution >= 0.6 is 0 Å². The summed E-state index contributed by atoms with van der Waals surface area (Å²) in [4.78, 5) is 0. The fourth-order valence-electron chi connectivity index (χ4n) is 11.0. The number of hydrogen-bond donors (Lipinski definition) is 0. The summed E-state index contributed by atoms with van der Waals surface area (Å²) in [7, 11) is 0. The van der Waals surface area contributed by atoms with E-state index < -0.39 is 0 Å². The predicted molar refractivity (Wildman–Crippen MR) is 114 cm³/mol. The molecule has 9 rings (SSSR count). The largest absolute Gasteiger partial charge is 0.368 e. The Morgan fingerprint density at radius 2 is 1.57 bits per heavy atom. The molecule has 30 heavy (non-hydrogen) atoms. The van der Waals surface area contributed by atoms with Gasteiger partial charge < -0.3 is 14.2 Å². The molecule has 3 saturated heterocycles. The molecule has 3 nitrogen and oxygen atoms in total. The summed E-state index contributed by atoms with van der Waals surface area (Å²) >= 11 is 0. The molecule has 0 N–H and O–H groups in total. The molecule has 0 radical (unpaired) electrons. The Morgan fingerprint density at radius 1 is 0.833 bits per heavy atom. The molecule has 12 unspecified atom stereocenters. The summed E-state index contributed by atoms with van der Waals surface area (Å²) in [5, 5.41) is 0. The average molecular weight is 411 g/mol. The van der Waals surface area contributed by atoms with Gasteiger partial charge in [-0.05, 0) is 94.3 Å². The molecule has 0 spiro atoms. The fraction of sp³-hybridized carbons (Fsp3) is 0.926. The third-order valence-corrected chi connectivity index (χ3v) is 12.8. The van der Waals surface area contributed by atoms with Gasteiger partial charge in [0.1, 0.15) is 0 Å². The highest BCUT2D eigenvalue weighted by Gasteiger charge is 2.87. The molecule has 3 aliphatic heterocycles. The minimum absolute atomic E-state index is 0.0981. The highest BCUT2D eigenvalue weighted by molar-refractivity contribution is 5.35. The van der Waals surface area contributed by atoms with Crippen LogP contribution in [0.3, 0.4) is 0 Å². The van der Waals surface area contributed by atoms with Gasteiger partial charge in [-0.25, -0.2) is 0 Å². The van der Waals surface area contributed by atoms with Crippen LogP contribution in [0.25, 0.3) is 0 Å². The van der Waals surface area contributed by atoms with E-state index in [1.165, 1.54) is 44.1 Å². The Hall–Kier alpha value is -0.380. The molecule has 0 aromatic carbocycles. The monoisotopic (exact) mass is 410 g/mol. The summed E-state index contributed by atoms with van der Waals surface area (Å²) in [6, 6.07) is 0. The lowest BCUT2D eigenvalue weighted by molar-refractivity contribution is -0.148. The number of rotatable bonds is 3. The van der Waals surface area contributed by atoms with E-state index in [9.17, 15) is 0 Å². The molecule has 6 saturated carbocycles. The second-order valence-electron chi connectivity index (χ2n) is 13.9. The molecule has 9 fully saturated rings. The Bertz CT molecular complexity index is 890.